The fourth-order valence-electron chi connectivity index (χ4n) is 1.95. The summed E-state index contributed by atoms with van der Waals surface area (Å²) < 4.78 is 34.4. The highest BCUT2D eigenvalue weighted by atomic mass is 32.2. The van der Waals surface area contributed by atoms with Gasteiger partial charge in [-0.2, -0.15) is 4.98 Å². The zero-order valence-electron chi connectivity index (χ0n) is 12.6. The second kappa shape index (κ2) is 5.76. The van der Waals surface area contributed by atoms with E-state index in [-0.39, 0.29) is 17.6 Å². The Morgan fingerprint density at radius 3 is 2.74 bits per heavy atom. The molecule has 2 aromatic heterocycles. The first kappa shape index (κ1) is 15.7. The van der Waals surface area contributed by atoms with Crippen LogP contribution in [0.3, 0.4) is 0 Å². The van der Waals surface area contributed by atoms with Gasteiger partial charge in [0.15, 0.2) is 21.5 Å². The van der Waals surface area contributed by atoms with Crippen LogP contribution in [-0.2, 0) is 20.4 Å². The van der Waals surface area contributed by atoms with Crippen molar-refractivity contribution in [3.8, 4) is 0 Å². The zero-order chi connectivity index (χ0) is 16.6. The molecule has 0 aliphatic heterocycles. The number of hydrogen-bond donors (Lipinski definition) is 1. The Hall–Kier alpha value is -2.23. The molecule has 0 spiro atoms. The molecule has 124 valence electrons. The fourth-order valence-corrected chi connectivity index (χ4v) is 3.04. The van der Waals surface area contributed by atoms with Gasteiger partial charge in [-0.1, -0.05) is 10.3 Å². The molecule has 9 nitrogen and oxygen atoms in total. The minimum atomic E-state index is -3.78. The quantitative estimate of drug-likeness (QED) is 0.830. The van der Waals surface area contributed by atoms with Gasteiger partial charge in [-0.25, -0.2) is 8.42 Å². The maximum Gasteiger partial charge on any atom is 0.243 e. The highest BCUT2D eigenvalue weighted by molar-refractivity contribution is 7.92. The van der Waals surface area contributed by atoms with Crippen molar-refractivity contribution >= 4 is 21.6 Å². The molecule has 1 saturated carbocycles. The molecule has 2 heterocycles. The van der Waals surface area contributed by atoms with E-state index >= 15 is 0 Å². The summed E-state index contributed by atoms with van der Waals surface area (Å²) in [6, 6.07) is 1.50. The van der Waals surface area contributed by atoms with Gasteiger partial charge < -0.3 is 14.4 Å². The number of carbonyl (C=O) groups is 1. The molecule has 0 radical (unpaired) electrons. The van der Waals surface area contributed by atoms with Crippen LogP contribution < -0.4 is 5.32 Å². The molecule has 1 atom stereocenters. The zero-order valence-corrected chi connectivity index (χ0v) is 13.5. The SMILES string of the molecule is Cc1cc(NC(=O)C(C)S(=O)(=O)Cc2nc(C3CC3)no2)no1. The smallest absolute Gasteiger partial charge is 0.243 e. The van der Waals surface area contributed by atoms with Gasteiger partial charge in [-0.05, 0) is 26.7 Å². The first-order chi connectivity index (χ1) is 10.8. The number of anilines is 1. The van der Waals surface area contributed by atoms with E-state index in [0.717, 1.165) is 12.8 Å². The lowest BCUT2D eigenvalue weighted by Gasteiger charge is -2.10. The molecule has 1 N–H and O–H groups in total. The van der Waals surface area contributed by atoms with Crippen molar-refractivity contribution in [3.05, 3.63) is 23.5 Å². The average molecular weight is 340 g/mol. The second-order valence-electron chi connectivity index (χ2n) is 5.58. The van der Waals surface area contributed by atoms with Crippen LogP contribution in [0, 0.1) is 6.92 Å². The average Bonchev–Trinajstić information content (AvgIpc) is 3.11. The Bertz CT molecular complexity index is 821. The van der Waals surface area contributed by atoms with Gasteiger partial charge in [0.05, 0.1) is 0 Å². The van der Waals surface area contributed by atoms with Crippen LogP contribution in [0.2, 0.25) is 0 Å². The Morgan fingerprint density at radius 2 is 2.13 bits per heavy atom. The molecular formula is C13H16N4O5S. The van der Waals surface area contributed by atoms with Crippen LogP contribution >= 0.6 is 0 Å². The number of aromatic nitrogens is 3. The van der Waals surface area contributed by atoms with Gasteiger partial charge in [0.2, 0.25) is 11.8 Å². The third-order valence-electron chi connectivity index (χ3n) is 3.54. The van der Waals surface area contributed by atoms with Crippen LogP contribution in [0.15, 0.2) is 15.1 Å². The highest BCUT2D eigenvalue weighted by Crippen LogP contribution is 2.38. The minimum Gasteiger partial charge on any atom is -0.360 e. The van der Waals surface area contributed by atoms with Crippen molar-refractivity contribution in [2.45, 2.75) is 43.6 Å². The summed E-state index contributed by atoms with van der Waals surface area (Å²) in [6.07, 6.45) is 1.98. The van der Waals surface area contributed by atoms with E-state index in [1.54, 1.807) is 6.92 Å². The maximum atomic E-state index is 12.3. The van der Waals surface area contributed by atoms with Crippen molar-refractivity contribution in [3.63, 3.8) is 0 Å². The number of rotatable bonds is 6. The molecule has 10 heteroatoms. The number of amides is 1. The number of carbonyl (C=O) groups excluding carboxylic acids is 1. The second-order valence-corrected chi connectivity index (χ2v) is 7.90. The maximum absolute atomic E-state index is 12.3. The largest absolute Gasteiger partial charge is 0.360 e. The number of hydrogen-bond acceptors (Lipinski definition) is 8. The van der Waals surface area contributed by atoms with Crippen molar-refractivity contribution in [2.24, 2.45) is 0 Å². The summed E-state index contributed by atoms with van der Waals surface area (Å²) >= 11 is 0. The van der Waals surface area contributed by atoms with E-state index in [1.807, 2.05) is 0 Å². The van der Waals surface area contributed by atoms with Crippen molar-refractivity contribution < 1.29 is 22.3 Å². The summed E-state index contributed by atoms with van der Waals surface area (Å²) in [4.78, 5) is 16.1. The van der Waals surface area contributed by atoms with Crippen LogP contribution in [-0.4, -0.2) is 34.9 Å². The molecule has 1 amide bonds. The van der Waals surface area contributed by atoms with Crippen molar-refractivity contribution in [1.29, 1.82) is 0 Å². The molecule has 1 unspecified atom stereocenters. The highest BCUT2D eigenvalue weighted by Gasteiger charge is 2.33. The van der Waals surface area contributed by atoms with E-state index in [2.05, 4.69) is 20.6 Å². The standard InChI is InChI=1S/C13H16N4O5S/c1-7-5-10(16-21-7)14-13(18)8(2)23(19,20)6-11-15-12(17-22-11)9-3-4-9/h5,8-9H,3-4,6H2,1-2H3,(H,14,16,18). The Labute approximate surface area is 132 Å². The van der Waals surface area contributed by atoms with Gasteiger partial charge in [-0.15, -0.1) is 0 Å². The van der Waals surface area contributed by atoms with Crippen LogP contribution in [0.1, 0.15) is 43.2 Å². The molecule has 0 aromatic carbocycles. The summed E-state index contributed by atoms with van der Waals surface area (Å²) in [5, 5.41) is 8.47. The predicted octanol–water partition coefficient (Wildman–Crippen LogP) is 1.19. The van der Waals surface area contributed by atoms with Crippen LogP contribution in [0.4, 0.5) is 5.82 Å². The summed E-state index contributed by atoms with van der Waals surface area (Å²) in [7, 11) is -3.78. The number of sulfone groups is 1. The normalized spacial score (nSPS) is 16.3. The first-order valence-electron chi connectivity index (χ1n) is 7.13. The van der Waals surface area contributed by atoms with Crippen molar-refractivity contribution in [1.82, 2.24) is 15.3 Å². The summed E-state index contributed by atoms with van der Waals surface area (Å²) in [5.41, 5.74) is 0. The first-order valence-corrected chi connectivity index (χ1v) is 8.85. The van der Waals surface area contributed by atoms with E-state index in [9.17, 15) is 13.2 Å². The van der Waals surface area contributed by atoms with Crippen molar-refractivity contribution in [2.75, 3.05) is 5.32 Å². The van der Waals surface area contributed by atoms with Crippen LogP contribution in [0.5, 0.6) is 0 Å². The van der Waals surface area contributed by atoms with E-state index in [0.29, 0.717) is 11.6 Å². The van der Waals surface area contributed by atoms with E-state index in [4.69, 9.17) is 9.05 Å². The molecule has 1 fully saturated rings. The molecule has 3 rings (SSSR count). The van der Waals surface area contributed by atoms with Gasteiger partial charge >= 0.3 is 0 Å². The van der Waals surface area contributed by atoms with Crippen LogP contribution in [0.25, 0.3) is 0 Å². The molecular weight excluding hydrogens is 324 g/mol. The predicted molar refractivity (Wildman–Crippen MR) is 78.2 cm³/mol. The Morgan fingerprint density at radius 1 is 1.39 bits per heavy atom. The van der Waals surface area contributed by atoms with E-state index in [1.165, 1.54) is 13.0 Å². The monoisotopic (exact) mass is 340 g/mol. The number of nitrogens with one attached hydrogen (secondary N) is 1. The summed E-state index contributed by atoms with van der Waals surface area (Å²) in [5.74, 6) is 0.317. The topological polar surface area (TPSA) is 128 Å². The molecule has 0 saturated heterocycles. The Balaban J connectivity index is 1.66. The van der Waals surface area contributed by atoms with Gasteiger partial charge in [0.1, 0.15) is 16.8 Å². The van der Waals surface area contributed by atoms with Gasteiger partial charge in [-0.3, -0.25) is 4.79 Å². The number of nitrogens with zero attached hydrogens (tertiary/aromatic N) is 3. The lowest BCUT2D eigenvalue weighted by atomic mass is 10.4. The van der Waals surface area contributed by atoms with Gasteiger partial charge in [0, 0.05) is 12.0 Å². The third kappa shape index (κ3) is 3.58. The molecule has 1 aliphatic rings. The molecule has 0 bridgehead atoms. The molecule has 2 aromatic rings. The lowest BCUT2D eigenvalue weighted by Crippen LogP contribution is -2.33. The lowest BCUT2D eigenvalue weighted by molar-refractivity contribution is -0.115. The van der Waals surface area contributed by atoms with E-state index < -0.39 is 26.7 Å². The van der Waals surface area contributed by atoms with Gasteiger partial charge in [0.25, 0.3) is 0 Å². The third-order valence-corrected chi connectivity index (χ3v) is 5.48. The minimum absolute atomic E-state index is 0.00355. The number of aryl methyl sites for hydroxylation is 1. The fraction of sp³-hybridized carbons (Fsp3) is 0.538. The Kier molecular flexibility index (Phi) is 3.92. The molecule has 23 heavy (non-hydrogen) atoms. The summed E-state index contributed by atoms with van der Waals surface area (Å²) in [6.45, 7) is 2.96. The molecule has 1 aliphatic carbocycles.